The van der Waals surface area contributed by atoms with Crippen molar-refractivity contribution >= 4 is 22.5 Å². The molecule has 28 heavy (non-hydrogen) atoms. The minimum absolute atomic E-state index is 0.101. The quantitative estimate of drug-likeness (QED) is 0.465. The maximum Gasteiger partial charge on any atom is 0.297 e. The zero-order chi connectivity index (χ0) is 19.8. The van der Waals surface area contributed by atoms with Crippen molar-refractivity contribution in [2.45, 2.75) is 20.8 Å². The van der Waals surface area contributed by atoms with Crippen LogP contribution in [0.3, 0.4) is 0 Å². The van der Waals surface area contributed by atoms with Crippen molar-refractivity contribution in [3.8, 4) is 11.6 Å². The van der Waals surface area contributed by atoms with E-state index in [-0.39, 0.29) is 11.6 Å². The zero-order valence-corrected chi connectivity index (χ0v) is 15.9. The van der Waals surface area contributed by atoms with Gasteiger partial charge in [0.1, 0.15) is 0 Å². The molecule has 2 heterocycles. The predicted molar refractivity (Wildman–Crippen MR) is 109 cm³/mol. The number of aryl methyl sites for hydroxylation is 2. The van der Waals surface area contributed by atoms with Gasteiger partial charge in [-0.3, -0.25) is 4.79 Å². The highest BCUT2D eigenvalue weighted by Crippen LogP contribution is 2.36. The number of nitrogens with zero attached hydrogens (tertiary/aromatic N) is 3. The number of aromatic nitrogens is 2. The molecule has 1 amide bonds. The Morgan fingerprint density at radius 3 is 2.54 bits per heavy atom. The third-order valence-corrected chi connectivity index (χ3v) is 4.91. The second-order valence-electron chi connectivity index (χ2n) is 6.78. The maximum absolute atomic E-state index is 12.7. The Balaban J connectivity index is 1.71. The van der Waals surface area contributed by atoms with Gasteiger partial charge in [0.2, 0.25) is 5.88 Å². The summed E-state index contributed by atoms with van der Waals surface area (Å²) in [4.78, 5) is 15.6. The van der Waals surface area contributed by atoms with Crippen LogP contribution in [0.1, 0.15) is 27.3 Å². The van der Waals surface area contributed by atoms with Crippen LogP contribution < -0.4 is 0 Å². The Bertz CT molecular complexity index is 1220. The summed E-state index contributed by atoms with van der Waals surface area (Å²) in [6, 6.07) is 17.3. The van der Waals surface area contributed by atoms with Crippen LogP contribution in [0.4, 0.5) is 5.69 Å². The lowest BCUT2D eigenvalue weighted by Gasteiger charge is -2.08. The summed E-state index contributed by atoms with van der Waals surface area (Å²) >= 11 is 0. The molecule has 0 atom stereocenters. The van der Waals surface area contributed by atoms with E-state index < -0.39 is 5.91 Å². The second kappa shape index (κ2) is 6.81. The largest absolute Gasteiger partial charge is 0.493 e. The molecule has 0 bridgehead atoms. The Hall–Kier alpha value is -3.67. The molecule has 0 unspecified atom stereocenters. The van der Waals surface area contributed by atoms with Gasteiger partial charge < -0.3 is 14.7 Å². The molecule has 6 nitrogen and oxygen atoms in total. The number of hydrogen-bond donors (Lipinski definition) is 2. The molecule has 0 aliphatic rings. The van der Waals surface area contributed by atoms with E-state index in [1.54, 1.807) is 0 Å². The number of H-pyrrole nitrogens is 1. The number of hydrogen-bond acceptors (Lipinski definition) is 3. The highest BCUT2D eigenvalue weighted by molar-refractivity contribution is 5.98. The third kappa shape index (κ3) is 2.89. The van der Waals surface area contributed by atoms with Crippen LogP contribution in [0, 0.1) is 20.8 Å². The van der Waals surface area contributed by atoms with Crippen molar-refractivity contribution in [1.82, 2.24) is 9.55 Å². The molecule has 140 valence electrons. The molecule has 2 aromatic carbocycles. The number of carbonyl (C=O) groups excluding carboxylic acids is 1. The maximum atomic E-state index is 12.7. The molecule has 0 aliphatic heterocycles. The van der Waals surface area contributed by atoms with E-state index in [9.17, 15) is 9.90 Å². The monoisotopic (exact) mass is 372 g/mol. The molecule has 0 aliphatic carbocycles. The standard InChI is InChI=1S/C22H20N4O2/c1-13-8-7-11-17-19(13)23-22(28)20(17)24-25-21(27)18-12-14(2)26(15(18)3)16-9-5-4-6-10-16/h4-12,23,28H,1-3H3. The molecule has 2 aromatic heterocycles. The molecule has 6 heteroatoms. The summed E-state index contributed by atoms with van der Waals surface area (Å²) in [6.07, 6.45) is 0. The smallest absolute Gasteiger partial charge is 0.297 e. The van der Waals surface area contributed by atoms with Crippen LogP contribution in [-0.4, -0.2) is 20.6 Å². The fourth-order valence-corrected chi connectivity index (χ4v) is 3.54. The van der Waals surface area contributed by atoms with Crippen molar-refractivity contribution < 1.29 is 9.90 Å². The lowest BCUT2D eigenvalue weighted by molar-refractivity contribution is 0.0994. The van der Waals surface area contributed by atoms with Gasteiger partial charge in [0.25, 0.3) is 5.91 Å². The number of nitrogens with one attached hydrogen (secondary N) is 1. The van der Waals surface area contributed by atoms with E-state index in [0.29, 0.717) is 5.56 Å². The SMILES string of the molecule is Cc1cccc2c(N=NC(=O)c3cc(C)n(-c4ccccc4)c3C)c(O)[nH]c12. The van der Waals surface area contributed by atoms with E-state index in [4.69, 9.17) is 0 Å². The minimum Gasteiger partial charge on any atom is -0.493 e. The highest BCUT2D eigenvalue weighted by atomic mass is 16.3. The summed E-state index contributed by atoms with van der Waals surface area (Å²) in [5, 5.41) is 18.8. The summed E-state index contributed by atoms with van der Waals surface area (Å²) in [6.45, 7) is 5.76. The Morgan fingerprint density at radius 2 is 1.79 bits per heavy atom. The van der Waals surface area contributed by atoms with Crippen LogP contribution in [-0.2, 0) is 0 Å². The predicted octanol–water partition coefficient (Wildman–Crippen LogP) is 5.51. The van der Waals surface area contributed by atoms with E-state index in [0.717, 1.165) is 33.5 Å². The van der Waals surface area contributed by atoms with Gasteiger partial charge in [-0.1, -0.05) is 36.4 Å². The molecule has 0 spiro atoms. The fraction of sp³-hybridized carbons (Fsp3) is 0.136. The van der Waals surface area contributed by atoms with Crippen molar-refractivity contribution in [3.63, 3.8) is 0 Å². The molecule has 0 saturated heterocycles. The number of fused-ring (bicyclic) bond motifs is 1. The number of benzene rings is 2. The highest BCUT2D eigenvalue weighted by Gasteiger charge is 2.17. The van der Waals surface area contributed by atoms with Gasteiger partial charge in [-0.15, -0.1) is 10.2 Å². The minimum atomic E-state index is -0.448. The van der Waals surface area contributed by atoms with E-state index in [2.05, 4.69) is 15.2 Å². The molecule has 0 saturated carbocycles. The molecule has 0 fully saturated rings. The first-order valence-electron chi connectivity index (χ1n) is 8.98. The lowest BCUT2D eigenvalue weighted by Crippen LogP contribution is -2.01. The molecule has 0 radical (unpaired) electrons. The van der Waals surface area contributed by atoms with Gasteiger partial charge in [0.05, 0.1) is 11.1 Å². The number of amides is 1. The normalized spacial score (nSPS) is 11.5. The van der Waals surface area contributed by atoms with Gasteiger partial charge in [0, 0.05) is 22.5 Å². The third-order valence-electron chi connectivity index (χ3n) is 4.91. The molecule has 4 rings (SSSR count). The van der Waals surface area contributed by atoms with Crippen molar-refractivity contribution in [2.75, 3.05) is 0 Å². The van der Waals surface area contributed by atoms with Crippen LogP contribution in [0.25, 0.3) is 16.6 Å². The van der Waals surface area contributed by atoms with E-state index in [1.165, 1.54) is 0 Å². The van der Waals surface area contributed by atoms with Crippen LogP contribution >= 0.6 is 0 Å². The van der Waals surface area contributed by atoms with Crippen LogP contribution in [0.2, 0.25) is 0 Å². The van der Waals surface area contributed by atoms with Crippen LogP contribution in [0.5, 0.6) is 5.88 Å². The Labute approximate surface area is 162 Å². The van der Waals surface area contributed by atoms with Gasteiger partial charge in [-0.05, 0) is 44.5 Å². The number of para-hydroxylation sites is 2. The first-order valence-corrected chi connectivity index (χ1v) is 8.98. The number of carbonyl (C=O) groups is 1. The van der Waals surface area contributed by atoms with Crippen molar-refractivity contribution in [2.24, 2.45) is 10.2 Å². The number of aromatic amines is 1. The summed E-state index contributed by atoms with van der Waals surface area (Å²) in [7, 11) is 0. The molecule has 2 N–H and O–H groups in total. The van der Waals surface area contributed by atoms with E-state index >= 15 is 0 Å². The molecule has 4 aromatic rings. The average Bonchev–Trinajstić information content (AvgIpc) is 3.17. The number of rotatable bonds is 3. The van der Waals surface area contributed by atoms with Crippen molar-refractivity contribution in [3.05, 3.63) is 77.1 Å². The summed E-state index contributed by atoms with van der Waals surface area (Å²) < 4.78 is 2.01. The number of azo groups is 1. The van der Waals surface area contributed by atoms with Gasteiger partial charge in [-0.25, -0.2) is 0 Å². The lowest BCUT2D eigenvalue weighted by atomic mass is 10.1. The Kier molecular flexibility index (Phi) is 4.31. The fourth-order valence-electron chi connectivity index (χ4n) is 3.54. The van der Waals surface area contributed by atoms with Gasteiger partial charge in [-0.2, -0.15) is 0 Å². The molecular formula is C22H20N4O2. The summed E-state index contributed by atoms with van der Waals surface area (Å²) in [5.74, 6) is -0.549. The Morgan fingerprint density at radius 1 is 1.04 bits per heavy atom. The van der Waals surface area contributed by atoms with Crippen LogP contribution in [0.15, 0.2) is 64.8 Å². The van der Waals surface area contributed by atoms with Gasteiger partial charge >= 0.3 is 0 Å². The molecular weight excluding hydrogens is 352 g/mol. The zero-order valence-electron chi connectivity index (χ0n) is 15.9. The van der Waals surface area contributed by atoms with Crippen molar-refractivity contribution in [1.29, 1.82) is 0 Å². The van der Waals surface area contributed by atoms with Gasteiger partial charge in [0.15, 0.2) is 5.69 Å². The topological polar surface area (TPSA) is 82.7 Å². The first-order chi connectivity index (χ1) is 13.5. The number of aromatic hydroxyl groups is 1. The first kappa shape index (κ1) is 17.7. The van der Waals surface area contributed by atoms with E-state index in [1.807, 2.05) is 79.9 Å². The second-order valence-corrected chi connectivity index (χ2v) is 6.78. The summed E-state index contributed by atoms with van der Waals surface area (Å²) in [5.41, 5.74) is 5.23. The average molecular weight is 372 g/mol.